The van der Waals surface area contributed by atoms with Crippen molar-refractivity contribution in [2.45, 2.75) is 18.3 Å². The van der Waals surface area contributed by atoms with Crippen LogP contribution in [0.15, 0.2) is 85.2 Å². The summed E-state index contributed by atoms with van der Waals surface area (Å²) < 4.78 is 13.7. The maximum atomic E-state index is 13.7. The molecule has 3 aromatic carbocycles. The number of aromatic nitrogens is 2. The van der Waals surface area contributed by atoms with Crippen molar-refractivity contribution >= 4 is 27.7 Å². The summed E-state index contributed by atoms with van der Waals surface area (Å²) in [6.07, 6.45) is 5.85. The van der Waals surface area contributed by atoms with Crippen molar-refractivity contribution in [3.63, 3.8) is 0 Å². The van der Waals surface area contributed by atoms with Crippen molar-refractivity contribution in [1.29, 1.82) is 0 Å². The summed E-state index contributed by atoms with van der Waals surface area (Å²) in [4.78, 5) is 21.9. The van der Waals surface area contributed by atoms with E-state index in [1.807, 2.05) is 17.0 Å². The minimum atomic E-state index is -0.384. The van der Waals surface area contributed by atoms with E-state index in [9.17, 15) is 9.18 Å². The van der Waals surface area contributed by atoms with E-state index in [0.717, 1.165) is 23.9 Å². The lowest BCUT2D eigenvalue weighted by atomic mass is 9.68. The van der Waals surface area contributed by atoms with Crippen molar-refractivity contribution in [2.24, 2.45) is 0 Å². The van der Waals surface area contributed by atoms with Crippen molar-refractivity contribution in [3.05, 3.63) is 108 Å². The molecular formula is C28H24FN3O. The van der Waals surface area contributed by atoms with E-state index in [4.69, 9.17) is 0 Å². The largest absolute Gasteiger partial charge is 0.361 e. The summed E-state index contributed by atoms with van der Waals surface area (Å²) in [7, 11) is 0. The number of aromatic amines is 2. The third-order valence-corrected chi connectivity index (χ3v) is 7.19. The van der Waals surface area contributed by atoms with Gasteiger partial charge in [0.1, 0.15) is 5.82 Å². The molecule has 0 spiro atoms. The van der Waals surface area contributed by atoms with E-state index in [1.165, 1.54) is 34.0 Å². The standard InChI is InChI=1S/C28H24FN3O/c29-20-7-5-6-19(16-20)27(33)32-14-12-28(13-15-32,23-17-30-25-10-3-1-8-21(23)25)24-18-31-26-11-4-2-9-22(24)26/h1-11,16-18,30-31H,12-15H2. The smallest absolute Gasteiger partial charge is 0.253 e. The number of hydrogen-bond acceptors (Lipinski definition) is 1. The van der Waals surface area contributed by atoms with E-state index in [1.54, 1.807) is 12.1 Å². The summed E-state index contributed by atoms with van der Waals surface area (Å²) in [6.45, 7) is 1.21. The molecule has 0 radical (unpaired) electrons. The number of amides is 1. The molecule has 0 bridgehead atoms. The molecule has 0 atom stereocenters. The van der Waals surface area contributed by atoms with Gasteiger partial charge < -0.3 is 14.9 Å². The van der Waals surface area contributed by atoms with Gasteiger partial charge in [-0.05, 0) is 54.3 Å². The third kappa shape index (κ3) is 3.15. The number of fused-ring (bicyclic) bond motifs is 2. The number of carbonyl (C=O) groups excluding carboxylic acids is 1. The highest BCUT2D eigenvalue weighted by Crippen LogP contribution is 2.47. The molecule has 2 N–H and O–H groups in total. The maximum Gasteiger partial charge on any atom is 0.253 e. The Balaban J connectivity index is 1.43. The van der Waals surface area contributed by atoms with Crippen LogP contribution in [0.3, 0.4) is 0 Å². The molecule has 3 heterocycles. The maximum absolute atomic E-state index is 13.7. The van der Waals surface area contributed by atoms with Crippen molar-refractivity contribution in [2.75, 3.05) is 13.1 Å². The highest BCUT2D eigenvalue weighted by molar-refractivity contribution is 5.94. The van der Waals surface area contributed by atoms with Gasteiger partial charge in [0.15, 0.2) is 0 Å². The van der Waals surface area contributed by atoms with Gasteiger partial charge >= 0.3 is 0 Å². The van der Waals surface area contributed by atoms with Crippen LogP contribution in [-0.4, -0.2) is 33.9 Å². The summed E-state index contributed by atoms with van der Waals surface area (Å²) in [6, 6.07) is 22.7. The zero-order valence-electron chi connectivity index (χ0n) is 18.1. The SMILES string of the molecule is O=C(c1cccc(F)c1)N1CCC(c2c[nH]c3ccccc23)(c2c[nH]c3ccccc23)CC1. The molecule has 1 fully saturated rings. The van der Waals surface area contributed by atoms with Crippen molar-refractivity contribution in [3.8, 4) is 0 Å². The summed E-state index contributed by atoms with van der Waals surface area (Å²) >= 11 is 0. The second kappa shape index (κ2) is 7.62. The number of likely N-dealkylation sites (tertiary alicyclic amines) is 1. The zero-order valence-corrected chi connectivity index (χ0v) is 18.1. The molecular weight excluding hydrogens is 413 g/mol. The first-order valence-corrected chi connectivity index (χ1v) is 11.3. The lowest BCUT2D eigenvalue weighted by molar-refractivity contribution is 0.0686. The highest BCUT2D eigenvalue weighted by atomic mass is 19.1. The van der Waals surface area contributed by atoms with Gasteiger partial charge in [0.05, 0.1) is 0 Å². The normalized spacial score (nSPS) is 15.8. The number of nitrogens with one attached hydrogen (secondary N) is 2. The number of piperidine rings is 1. The van der Waals surface area contributed by atoms with Gasteiger partial charge in [0.25, 0.3) is 5.91 Å². The fourth-order valence-electron chi connectivity index (χ4n) is 5.51. The van der Waals surface area contributed by atoms with Crippen LogP contribution in [0.4, 0.5) is 4.39 Å². The van der Waals surface area contributed by atoms with Crippen molar-refractivity contribution < 1.29 is 9.18 Å². The van der Waals surface area contributed by atoms with Gasteiger partial charge in [0, 0.05) is 58.3 Å². The number of rotatable bonds is 3. The fourth-order valence-corrected chi connectivity index (χ4v) is 5.51. The molecule has 4 nitrogen and oxygen atoms in total. The van der Waals surface area contributed by atoms with Crippen LogP contribution >= 0.6 is 0 Å². The molecule has 6 rings (SSSR count). The first-order valence-electron chi connectivity index (χ1n) is 11.3. The summed E-state index contributed by atoms with van der Waals surface area (Å²) in [5.41, 5.74) is 4.93. The van der Waals surface area contributed by atoms with Crippen LogP contribution in [0.5, 0.6) is 0 Å². The molecule has 0 saturated carbocycles. The van der Waals surface area contributed by atoms with Gasteiger partial charge in [-0.25, -0.2) is 4.39 Å². The number of nitrogens with zero attached hydrogens (tertiary/aromatic N) is 1. The molecule has 0 aliphatic carbocycles. The van der Waals surface area contributed by atoms with Crippen molar-refractivity contribution in [1.82, 2.24) is 14.9 Å². The monoisotopic (exact) mass is 437 g/mol. The second-order valence-corrected chi connectivity index (χ2v) is 8.88. The molecule has 164 valence electrons. The van der Waals surface area contributed by atoms with Gasteiger partial charge in [-0.3, -0.25) is 4.79 Å². The van der Waals surface area contributed by atoms with Gasteiger partial charge in [-0.1, -0.05) is 42.5 Å². The van der Waals surface area contributed by atoms with Crippen LogP contribution < -0.4 is 0 Å². The Hall–Kier alpha value is -3.86. The number of H-pyrrole nitrogens is 2. The molecule has 2 aromatic heterocycles. The average molecular weight is 438 g/mol. The fraction of sp³-hybridized carbons (Fsp3) is 0.179. The first-order chi connectivity index (χ1) is 16.2. The Morgan fingerprint density at radius 2 is 1.36 bits per heavy atom. The van der Waals surface area contributed by atoms with Gasteiger partial charge in [-0.15, -0.1) is 0 Å². The Kier molecular flexibility index (Phi) is 4.57. The minimum Gasteiger partial charge on any atom is -0.361 e. The van der Waals surface area contributed by atoms with Crippen LogP contribution in [0.2, 0.25) is 0 Å². The zero-order chi connectivity index (χ0) is 22.4. The summed E-state index contributed by atoms with van der Waals surface area (Å²) in [5, 5.41) is 2.43. The number of benzene rings is 3. The van der Waals surface area contributed by atoms with E-state index in [-0.39, 0.29) is 17.1 Å². The predicted octanol–water partition coefficient (Wildman–Crippen LogP) is 6.01. The van der Waals surface area contributed by atoms with E-state index < -0.39 is 0 Å². The van der Waals surface area contributed by atoms with E-state index in [0.29, 0.717) is 18.7 Å². The van der Waals surface area contributed by atoms with Gasteiger partial charge in [0.2, 0.25) is 0 Å². The van der Waals surface area contributed by atoms with Crippen LogP contribution in [0.25, 0.3) is 21.8 Å². The van der Waals surface area contributed by atoms with Crippen LogP contribution in [-0.2, 0) is 5.41 Å². The Morgan fingerprint density at radius 3 is 1.94 bits per heavy atom. The topological polar surface area (TPSA) is 51.9 Å². The molecule has 1 aliphatic rings. The molecule has 1 amide bonds. The van der Waals surface area contributed by atoms with E-state index in [2.05, 4.69) is 58.8 Å². The molecule has 0 unspecified atom stereocenters. The van der Waals surface area contributed by atoms with Gasteiger partial charge in [-0.2, -0.15) is 0 Å². The molecule has 33 heavy (non-hydrogen) atoms. The Bertz CT molecular complexity index is 1400. The van der Waals surface area contributed by atoms with E-state index >= 15 is 0 Å². The minimum absolute atomic E-state index is 0.110. The molecule has 5 aromatic rings. The first kappa shape index (κ1) is 19.8. The molecule has 1 saturated heterocycles. The number of hydrogen-bond donors (Lipinski definition) is 2. The van der Waals surface area contributed by atoms with Crippen LogP contribution in [0, 0.1) is 5.82 Å². The second-order valence-electron chi connectivity index (χ2n) is 8.88. The highest BCUT2D eigenvalue weighted by Gasteiger charge is 2.42. The van der Waals surface area contributed by atoms with Crippen LogP contribution in [0.1, 0.15) is 34.3 Å². The lowest BCUT2D eigenvalue weighted by Gasteiger charge is -2.42. The lowest BCUT2D eigenvalue weighted by Crippen LogP contribution is -2.45. The number of halogens is 1. The molecule has 1 aliphatic heterocycles. The molecule has 5 heteroatoms. The summed E-state index contributed by atoms with van der Waals surface area (Å²) in [5.74, 6) is -0.495. The predicted molar refractivity (Wildman–Crippen MR) is 129 cm³/mol. The quantitative estimate of drug-likeness (QED) is 0.357. The average Bonchev–Trinajstić information content (AvgIpc) is 3.49. The Labute approximate surface area is 191 Å². The number of carbonyl (C=O) groups is 1. The third-order valence-electron chi connectivity index (χ3n) is 7.19. The Morgan fingerprint density at radius 1 is 0.788 bits per heavy atom. The number of para-hydroxylation sites is 2.